The molecular weight excluding hydrogens is 402 g/mol. The highest BCUT2D eigenvalue weighted by Gasteiger charge is 2.21. The van der Waals surface area contributed by atoms with Gasteiger partial charge in [0.05, 0.1) is 18.1 Å². The van der Waals surface area contributed by atoms with Crippen LogP contribution >= 0.6 is 0 Å². The summed E-state index contributed by atoms with van der Waals surface area (Å²) in [6.07, 6.45) is 14.0. The first-order chi connectivity index (χ1) is 15.4. The van der Waals surface area contributed by atoms with E-state index >= 15 is 0 Å². The summed E-state index contributed by atoms with van der Waals surface area (Å²) in [6, 6.07) is 6.53. The lowest BCUT2D eigenvalue weighted by Crippen LogP contribution is -2.21. The zero-order valence-corrected chi connectivity index (χ0v) is 18.8. The van der Waals surface area contributed by atoms with Crippen LogP contribution in [-0.2, 0) is 0 Å². The van der Waals surface area contributed by atoms with E-state index in [2.05, 4.69) is 31.1 Å². The molecule has 2 aromatic rings. The summed E-state index contributed by atoms with van der Waals surface area (Å²) in [5.74, 6) is -0.634. The van der Waals surface area contributed by atoms with Crippen LogP contribution in [0.3, 0.4) is 0 Å². The maximum absolute atomic E-state index is 14.2. The maximum atomic E-state index is 14.2. The van der Waals surface area contributed by atoms with Gasteiger partial charge in [0, 0.05) is 18.8 Å². The van der Waals surface area contributed by atoms with Gasteiger partial charge in [-0.25, -0.2) is 8.78 Å². The van der Waals surface area contributed by atoms with Crippen molar-refractivity contribution < 1.29 is 8.78 Å². The van der Waals surface area contributed by atoms with Crippen LogP contribution in [0.4, 0.5) is 14.5 Å². The highest BCUT2D eigenvalue weighted by atomic mass is 19.1. The number of rotatable bonds is 7. The van der Waals surface area contributed by atoms with Crippen LogP contribution in [0.2, 0.25) is 0 Å². The highest BCUT2D eigenvalue weighted by Crippen LogP contribution is 2.37. The molecule has 0 unspecified atom stereocenters. The van der Waals surface area contributed by atoms with Crippen molar-refractivity contribution >= 4 is 11.3 Å². The lowest BCUT2D eigenvalue weighted by molar-refractivity contribution is 0.618. The minimum Gasteiger partial charge on any atom is -0.346 e. The van der Waals surface area contributed by atoms with E-state index in [4.69, 9.17) is 0 Å². The third kappa shape index (κ3) is 4.86. The predicted molar refractivity (Wildman–Crippen MR) is 130 cm³/mol. The van der Waals surface area contributed by atoms with Crippen molar-refractivity contribution in [2.24, 2.45) is 0 Å². The van der Waals surface area contributed by atoms with Gasteiger partial charge < -0.3 is 4.90 Å². The molecule has 2 nitrogen and oxygen atoms in total. The molecule has 0 fully saturated rings. The molecule has 0 spiro atoms. The first-order valence-electron chi connectivity index (χ1n) is 10.5. The number of hydrogen-bond donors (Lipinski definition) is 0. The third-order valence-electron chi connectivity index (χ3n) is 5.84. The van der Waals surface area contributed by atoms with Gasteiger partial charge in [-0.15, -0.1) is 0 Å². The van der Waals surface area contributed by atoms with Crippen LogP contribution in [0.5, 0.6) is 0 Å². The number of aromatic nitrogens is 1. The number of benzene rings is 1. The molecule has 0 aliphatic heterocycles. The Kier molecular flexibility index (Phi) is 7.37. The molecular formula is C28H28F2N2. The predicted octanol–water partition coefficient (Wildman–Crippen LogP) is 7.48. The largest absolute Gasteiger partial charge is 0.346 e. The molecule has 1 aliphatic rings. The van der Waals surface area contributed by atoms with Gasteiger partial charge in [-0.3, -0.25) is 4.98 Å². The summed E-state index contributed by atoms with van der Waals surface area (Å²) in [5.41, 5.74) is 7.22. The van der Waals surface area contributed by atoms with Crippen LogP contribution in [0.15, 0.2) is 103 Å². The lowest BCUT2D eigenvalue weighted by Gasteiger charge is -2.30. The van der Waals surface area contributed by atoms with Crippen LogP contribution in [0.25, 0.3) is 5.57 Å². The van der Waals surface area contributed by atoms with Gasteiger partial charge in [-0.1, -0.05) is 49.6 Å². The van der Waals surface area contributed by atoms with Crippen molar-refractivity contribution in [3.63, 3.8) is 0 Å². The molecule has 3 rings (SSSR count). The number of hydrogen-bond acceptors (Lipinski definition) is 2. The zero-order valence-electron chi connectivity index (χ0n) is 18.8. The molecule has 4 heteroatoms. The number of pyridine rings is 1. The molecule has 1 aliphatic carbocycles. The fourth-order valence-corrected chi connectivity index (χ4v) is 3.96. The van der Waals surface area contributed by atoms with Gasteiger partial charge in [0.2, 0.25) is 0 Å². The molecule has 0 N–H and O–H groups in total. The fourth-order valence-electron chi connectivity index (χ4n) is 3.96. The molecule has 0 atom stereocenters. The van der Waals surface area contributed by atoms with E-state index in [-0.39, 0.29) is 11.6 Å². The molecule has 164 valence electrons. The van der Waals surface area contributed by atoms with Crippen molar-refractivity contribution in [1.82, 2.24) is 4.98 Å². The van der Waals surface area contributed by atoms with Crippen LogP contribution in [-0.4, -0.2) is 12.0 Å². The Hall–Kier alpha value is -3.53. The molecule has 0 saturated carbocycles. The summed E-state index contributed by atoms with van der Waals surface area (Å²) >= 11 is 0. The van der Waals surface area contributed by atoms with Crippen LogP contribution in [0.1, 0.15) is 30.9 Å². The quantitative estimate of drug-likeness (QED) is 0.423. The first kappa shape index (κ1) is 23.1. The summed E-state index contributed by atoms with van der Waals surface area (Å²) in [6.45, 7) is 11.6. The monoisotopic (exact) mass is 430 g/mol. The summed E-state index contributed by atoms with van der Waals surface area (Å²) in [4.78, 5) is 5.97. The van der Waals surface area contributed by atoms with Gasteiger partial charge in [0.15, 0.2) is 0 Å². The van der Waals surface area contributed by atoms with Crippen LogP contribution in [0, 0.1) is 18.6 Å². The Morgan fingerprint density at radius 2 is 1.91 bits per heavy atom. The van der Waals surface area contributed by atoms with Crippen molar-refractivity contribution in [3.05, 3.63) is 125 Å². The summed E-state index contributed by atoms with van der Waals surface area (Å²) < 4.78 is 28.1. The number of anilines is 1. The van der Waals surface area contributed by atoms with Crippen molar-refractivity contribution in [3.8, 4) is 0 Å². The van der Waals surface area contributed by atoms with Gasteiger partial charge in [-0.2, -0.15) is 0 Å². The second kappa shape index (κ2) is 10.2. The van der Waals surface area contributed by atoms with Gasteiger partial charge >= 0.3 is 0 Å². The molecule has 32 heavy (non-hydrogen) atoms. The normalized spacial score (nSPS) is 14.8. The average molecular weight is 431 g/mol. The van der Waals surface area contributed by atoms with Crippen molar-refractivity contribution in [2.45, 2.75) is 26.7 Å². The second-order valence-electron chi connectivity index (χ2n) is 7.74. The molecule has 1 aromatic heterocycles. The smallest absolute Gasteiger partial charge is 0.143 e. The minimum absolute atomic E-state index is 0.252. The summed E-state index contributed by atoms with van der Waals surface area (Å²) in [5, 5.41) is 0. The highest BCUT2D eigenvalue weighted by molar-refractivity contribution is 5.79. The fraction of sp³-hybridized carbons (Fsp3) is 0.179. The Bertz CT molecular complexity index is 1170. The molecule has 0 bridgehead atoms. The first-order valence-corrected chi connectivity index (χ1v) is 10.5. The molecule has 1 aromatic carbocycles. The van der Waals surface area contributed by atoms with Crippen molar-refractivity contribution in [2.75, 3.05) is 11.9 Å². The molecule has 0 radical (unpaired) electrons. The molecule has 0 saturated heterocycles. The van der Waals surface area contributed by atoms with Gasteiger partial charge in [0.1, 0.15) is 11.6 Å². The van der Waals surface area contributed by atoms with Gasteiger partial charge in [-0.05, 0) is 72.3 Å². The Balaban J connectivity index is 2.23. The number of allylic oxidation sites excluding steroid dienone is 10. The van der Waals surface area contributed by atoms with E-state index in [0.717, 1.165) is 40.8 Å². The molecule has 1 heterocycles. The topological polar surface area (TPSA) is 16.1 Å². The zero-order chi connectivity index (χ0) is 23.3. The second-order valence-corrected chi connectivity index (χ2v) is 7.74. The Morgan fingerprint density at radius 1 is 1.12 bits per heavy atom. The average Bonchev–Trinajstić information content (AvgIpc) is 2.79. The summed E-state index contributed by atoms with van der Waals surface area (Å²) in [7, 11) is 1.92. The van der Waals surface area contributed by atoms with E-state index < -0.39 is 0 Å². The number of halogens is 2. The van der Waals surface area contributed by atoms with Crippen molar-refractivity contribution in [1.29, 1.82) is 0 Å². The van der Waals surface area contributed by atoms with Gasteiger partial charge in [0.25, 0.3) is 0 Å². The molecule has 0 amide bonds. The standard InChI is InChI=1S/C28H28F2N2/c1-6-8-10-22-13-14-28(32(5)24-16-23(29)17-31-18-24)26(19(22)3)15-21(7-2)25-11-9-12-27(30)20(25)4/h6-12,15-18H,1-2,13-14H2,3-5H3/b10-8-,21-15+. The Labute approximate surface area is 189 Å². The number of nitrogens with zero attached hydrogens (tertiary/aromatic N) is 2. The Morgan fingerprint density at radius 3 is 2.59 bits per heavy atom. The van der Waals surface area contributed by atoms with E-state index in [1.165, 1.54) is 23.9 Å². The SMILES string of the molecule is C=C/C=C\C1=C(C)C(/C=C(\C=C)c2cccc(F)c2C)=C(N(C)c2cncc(F)c2)CC1. The van der Waals surface area contributed by atoms with E-state index in [1.807, 2.05) is 30.2 Å². The van der Waals surface area contributed by atoms with Crippen LogP contribution < -0.4 is 4.90 Å². The maximum Gasteiger partial charge on any atom is 0.143 e. The van der Waals surface area contributed by atoms with E-state index in [1.54, 1.807) is 31.3 Å². The third-order valence-corrected chi connectivity index (χ3v) is 5.84. The van der Waals surface area contributed by atoms with E-state index in [0.29, 0.717) is 11.3 Å². The lowest BCUT2D eigenvalue weighted by atomic mass is 9.86. The van der Waals surface area contributed by atoms with E-state index in [9.17, 15) is 8.78 Å². The minimum atomic E-state index is -0.383.